The van der Waals surface area contributed by atoms with Crippen molar-refractivity contribution in [3.63, 3.8) is 0 Å². The van der Waals surface area contributed by atoms with Gasteiger partial charge in [-0.1, -0.05) is 37.6 Å². The number of phenols is 1. The number of amides is 1. The van der Waals surface area contributed by atoms with Crippen molar-refractivity contribution < 1.29 is 9.90 Å². The Morgan fingerprint density at radius 2 is 1.88 bits per heavy atom. The lowest BCUT2D eigenvalue weighted by Gasteiger charge is -2.14. The molecule has 5 heteroatoms. The zero-order chi connectivity index (χ0) is 17.7. The van der Waals surface area contributed by atoms with Crippen LogP contribution in [0.1, 0.15) is 47.7 Å². The van der Waals surface area contributed by atoms with Crippen LogP contribution in [-0.2, 0) is 0 Å². The maximum Gasteiger partial charge on any atom is 0.257 e. The third-order valence-electron chi connectivity index (χ3n) is 3.99. The number of hydrogen-bond donors (Lipinski definition) is 3. The van der Waals surface area contributed by atoms with Crippen LogP contribution in [0.15, 0.2) is 42.5 Å². The van der Waals surface area contributed by atoms with Crippen molar-refractivity contribution in [2.24, 2.45) is 0 Å². The SMILES string of the molecule is CCC(C)c1ccc(O)c(NC(=S)NC(=O)c2ccc(C)cc2)c1. The summed E-state index contributed by atoms with van der Waals surface area (Å²) in [6.07, 6.45) is 0.999. The summed E-state index contributed by atoms with van der Waals surface area (Å²) in [5.41, 5.74) is 3.20. The van der Waals surface area contributed by atoms with Gasteiger partial charge in [0.05, 0.1) is 5.69 Å². The second kappa shape index (κ2) is 7.93. The topological polar surface area (TPSA) is 61.4 Å². The summed E-state index contributed by atoms with van der Waals surface area (Å²) in [6, 6.07) is 12.6. The smallest absolute Gasteiger partial charge is 0.257 e. The zero-order valence-electron chi connectivity index (χ0n) is 14.1. The summed E-state index contributed by atoms with van der Waals surface area (Å²) in [5, 5.41) is 15.7. The zero-order valence-corrected chi connectivity index (χ0v) is 14.9. The molecule has 2 rings (SSSR count). The highest BCUT2D eigenvalue weighted by Gasteiger charge is 2.11. The van der Waals surface area contributed by atoms with Crippen LogP contribution >= 0.6 is 12.2 Å². The molecule has 0 aliphatic rings. The Hall–Kier alpha value is -2.40. The first-order valence-electron chi connectivity index (χ1n) is 7.92. The van der Waals surface area contributed by atoms with Crippen LogP contribution in [-0.4, -0.2) is 16.1 Å². The monoisotopic (exact) mass is 342 g/mol. The van der Waals surface area contributed by atoms with Crippen LogP contribution in [0.3, 0.4) is 0 Å². The average Bonchev–Trinajstić information content (AvgIpc) is 2.56. The third-order valence-corrected chi connectivity index (χ3v) is 4.20. The molecule has 0 bridgehead atoms. The fraction of sp³-hybridized carbons (Fsp3) is 0.263. The Balaban J connectivity index is 2.06. The van der Waals surface area contributed by atoms with E-state index in [1.54, 1.807) is 18.2 Å². The second-order valence-electron chi connectivity index (χ2n) is 5.86. The fourth-order valence-corrected chi connectivity index (χ4v) is 2.43. The lowest BCUT2D eigenvalue weighted by atomic mass is 9.98. The molecular formula is C19H22N2O2S. The molecule has 1 amide bonds. The highest BCUT2D eigenvalue weighted by Crippen LogP contribution is 2.29. The number of phenolic OH excluding ortho intramolecular Hbond substituents is 1. The highest BCUT2D eigenvalue weighted by atomic mass is 32.1. The molecule has 0 aliphatic heterocycles. The summed E-state index contributed by atoms with van der Waals surface area (Å²) in [6.45, 7) is 6.19. The minimum atomic E-state index is -0.287. The summed E-state index contributed by atoms with van der Waals surface area (Å²) < 4.78 is 0. The number of aryl methyl sites for hydroxylation is 1. The summed E-state index contributed by atoms with van der Waals surface area (Å²) >= 11 is 5.18. The molecule has 4 nitrogen and oxygen atoms in total. The fourth-order valence-electron chi connectivity index (χ4n) is 2.23. The van der Waals surface area contributed by atoms with Gasteiger partial charge in [0.2, 0.25) is 0 Å². The van der Waals surface area contributed by atoms with E-state index in [0.717, 1.165) is 17.5 Å². The molecule has 3 N–H and O–H groups in total. The van der Waals surface area contributed by atoms with Gasteiger partial charge in [0.15, 0.2) is 5.11 Å². The average molecular weight is 342 g/mol. The van der Waals surface area contributed by atoms with Crippen LogP contribution in [0, 0.1) is 6.92 Å². The van der Waals surface area contributed by atoms with Gasteiger partial charge in [-0.15, -0.1) is 0 Å². The standard InChI is InChI=1S/C19H22N2O2S/c1-4-13(3)15-9-10-17(22)16(11-15)20-19(24)21-18(23)14-7-5-12(2)6-8-14/h5-11,13,22H,4H2,1-3H3,(H2,20,21,23,24). The van der Waals surface area contributed by atoms with Crippen LogP contribution in [0.4, 0.5) is 5.69 Å². The van der Waals surface area contributed by atoms with Crippen molar-refractivity contribution in [2.45, 2.75) is 33.1 Å². The lowest BCUT2D eigenvalue weighted by molar-refractivity contribution is 0.0977. The van der Waals surface area contributed by atoms with Gasteiger partial charge in [-0.3, -0.25) is 10.1 Å². The Kier molecular flexibility index (Phi) is 5.93. The van der Waals surface area contributed by atoms with E-state index in [1.807, 2.05) is 31.2 Å². The van der Waals surface area contributed by atoms with Gasteiger partial charge in [0.25, 0.3) is 5.91 Å². The predicted molar refractivity (Wildman–Crippen MR) is 102 cm³/mol. The van der Waals surface area contributed by atoms with Crippen LogP contribution < -0.4 is 10.6 Å². The van der Waals surface area contributed by atoms with Gasteiger partial charge in [-0.05, 0) is 61.3 Å². The predicted octanol–water partition coefficient (Wildman–Crippen LogP) is 4.34. The van der Waals surface area contributed by atoms with E-state index in [9.17, 15) is 9.90 Å². The number of nitrogens with one attached hydrogen (secondary N) is 2. The molecule has 0 fully saturated rings. The van der Waals surface area contributed by atoms with E-state index in [0.29, 0.717) is 17.2 Å². The number of anilines is 1. The molecule has 2 aromatic rings. The first-order valence-corrected chi connectivity index (χ1v) is 8.33. The molecule has 0 aliphatic carbocycles. The number of aromatic hydroxyl groups is 1. The quantitative estimate of drug-likeness (QED) is 0.571. The van der Waals surface area contributed by atoms with Gasteiger partial charge in [0.1, 0.15) is 5.75 Å². The van der Waals surface area contributed by atoms with E-state index < -0.39 is 0 Å². The van der Waals surface area contributed by atoms with Crippen molar-refractivity contribution in [2.75, 3.05) is 5.32 Å². The van der Waals surface area contributed by atoms with Crippen molar-refractivity contribution in [3.8, 4) is 5.75 Å². The van der Waals surface area contributed by atoms with Crippen molar-refractivity contribution in [1.29, 1.82) is 0 Å². The number of thiocarbonyl (C=S) groups is 1. The molecule has 1 atom stereocenters. The molecule has 0 heterocycles. The second-order valence-corrected chi connectivity index (χ2v) is 6.27. The molecule has 0 aromatic heterocycles. The maximum atomic E-state index is 12.2. The number of carbonyl (C=O) groups is 1. The van der Waals surface area contributed by atoms with E-state index in [4.69, 9.17) is 12.2 Å². The van der Waals surface area contributed by atoms with Crippen LogP contribution in [0.2, 0.25) is 0 Å². The minimum absolute atomic E-state index is 0.0917. The van der Waals surface area contributed by atoms with Crippen molar-refractivity contribution in [1.82, 2.24) is 5.32 Å². The van der Waals surface area contributed by atoms with Gasteiger partial charge in [-0.2, -0.15) is 0 Å². The van der Waals surface area contributed by atoms with Crippen LogP contribution in [0.5, 0.6) is 5.75 Å². The van der Waals surface area contributed by atoms with E-state index >= 15 is 0 Å². The third kappa shape index (κ3) is 4.55. The Bertz CT molecular complexity index is 742. The summed E-state index contributed by atoms with van der Waals surface area (Å²) in [7, 11) is 0. The normalized spacial score (nSPS) is 11.6. The van der Waals surface area contributed by atoms with Crippen molar-refractivity contribution in [3.05, 3.63) is 59.2 Å². The van der Waals surface area contributed by atoms with Gasteiger partial charge >= 0.3 is 0 Å². The molecule has 1 unspecified atom stereocenters. The summed E-state index contributed by atoms with van der Waals surface area (Å²) in [5.74, 6) is 0.181. The molecule has 0 radical (unpaired) electrons. The van der Waals surface area contributed by atoms with E-state index in [2.05, 4.69) is 24.5 Å². The molecule has 0 saturated heterocycles. The Morgan fingerprint density at radius 3 is 2.50 bits per heavy atom. The van der Waals surface area contributed by atoms with E-state index in [-0.39, 0.29) is 16.8 Å². The van der Waals surface area contributed by atoms with Crippen LogP contribution in [0.25, 0.3) is 0 Å². The first-order chi connectivity index (χ1) is 11.4. The maximum absolute atomic E-state index is 12.2. The van der Waals surface area contributed by atoms with Gasteiger partial charge < -0.3 is 10.4 Å². The van der Waals surface area contributed by atoms with Gasteiger partial charge in [0, 0.05) is 5.56 Å². The number of hydrogen-bond acceptors (Lipinski definition) is 3. The number of benzene rings is 2. The first kappa shape index (κ1) is 17.9. The molecule has 0 saturated carbocycles. The molecule has 2 aromatic carbocycles. The Labute approximate surface area is 147 Å². The van der Waals surface area contributed by atoms with Gasteiger partial charge in [-0.25, -0.2) is 0 Å². The summed E-state index contributed by atoms with van der Waals surface area (Å²) in [4.78, 5) is 12.2. The lowest BCUT2D eigenvalue weighted by Crippen LogP contribution is -2.34. The molecule has 0 spiro atoms. The largest absolute Gasteiger partial charge is 0.506 e. The Morgan fingerprint density at radius 1 is 1.21 bits per heavy atom. The number of carbonyl (C=O) groups excluding carboxylic acids is 1. The molecule has 126 valence electrons. The molecule has 24 heavy (non-hydrogen) atoms. The highest BCUT2D eigenvalue weighted by molar-refractivity contribution is 7.80. The van der Waals surface area contributed by atoms with Crippen molar-refractivity contribution >= 4 is 28.9 Å². The number of rotatable bonds is 4. The molecular weight excluding hydrogens is 320 g/mol. The van der Waals surface area contributed by atoms with E-state index in [1.165, 1.54) is 0 Å². The minimum Gasteiger partial charge on any atom is -0.506 e.